The Morgan fingerprint density at radius 2 is 1.95 bits per heavy atom. The average Bonchev–Trinajstić information content (AvgIpc) is 2.43. The molecule has 0 aromatic heterocycles. The van der Waals surface area contributed by atoms with E-state index in [2.05, 4.69) is 5.32 Å². The Labute approximate surface area is 129 Å². The van der Waals surface area contributed by atoms with Crippen molar-refractivity contribution < 1.29 is 4.79 Å². The van der Waals surface area contributed by atoms with Crippen molar-refractivity contribution in [2.24, 2.45) is 0 Å². The molecule has 2 amide bonds. The topological polar surface area (TPSA) is 35.6 Å². The molecule has 0 atom stereocenters. The van der Waals surface area contributed by atoms with Gasteiger partial charge in [0.15, 0.2) is 0 Å². The smallest absolute Gasteiger partial charge is 0.319 e. The van der Waals surface area contributed by atoms with Crippen molar-refractivity contribution in [3.63, 3.8) is 0 Å². The van der Waals surface area contributed by atoms with Gasteiger partial charge in [-0.05, 0) is 31.0 Å². The van der Waals surface area contributed by atoms with Gasteiger partial charge in [0, 0.05) is 38.2 Å². The van der Waals surface area contributed by atoms with Crippen molar-refractivity contribution in [1.82, 2.24) is 9.80 Å². The Morgan fingerprint density at radius 1 is 1.30 bits per heavy atom. The van der Waals surface area contributed by atoms with Gasteiger partial charge in [-0.15, -0.1) is 0 Å². The zero-order chi connectivity index (χ0) is 14.7. The largest absolute Gasteiger partial charge is 0.381 e. The van der Waals surface area contributed by atoms with Crippen LogP contribution in [-0.4, -0.2) is 49.1 Å². The Balaban J connectivity index is 1.91. The van der Waals surface area contributed by atoms with Crippen LogP contribution in [0, 0.1) is 0 Å². The molecule has 1 aliphatic heterocycles. The molecule has 0 aliphatic carbocycles. The highest BCUT2D eigenvalue weighted by Gasteiger charge is 2.23. The number of nitrogens with one attached hydrogen (secondary N) is 1. The molecule has 4 nitrogen and oxygen atoms in total. The number of amides is 2. The normalized spacial score (nSPS) is 16.1. The molecule has 110 valence electrons. The maximum Gasteiger partial charge on any atom is 0.319 e. The Hall–Kier alpha value is -1.13. The highest BCUT2D eigenvalue weighted by molar-refractivity contribution is 6.35. The van der Waals surface area contributed by atoms with Crippen LogP contribution >= 0.6 is 23.2 Å². The Bertz CT molecular complexity index is 485. The second-order valence-electron chi connectivity index (χ2n) is 5.21. The summed E-state index contributed by atoms with van der Waals surface area (Å²) in [6, 6.07) is 5.78. The molecule has 1 N–H and O–H groups in total. The molecule has 0 unspecified atom stereocenters. The summed E-state index contributed by atoms with van der Waals surface area (Å²) >= 11 is 12.1. The van der Waals surface area contributed by atoms with Crippen LogP contribution in [0.15, 0.2) is 18.2 Å². The van der Waals surface area contributed by atoms with Gasteiger partial charge in [-0.2, -0.15) is 0 Å². The molecule has 0 bridgehead atoms. The third-order valence-corrected chi connectivity index (χ3v) is 4.00. The first-order chi connectivity index (χ1) is 9.47. The van der Waals surface area contributed by atoms with Gasteiger partial charge in [0.05, 0.1) is 10.7 Å². The zero-order valence-electron chi connectivity index (χ0n) is 11.7. The molecule has 0 spiro atoms. The molecule has 0 saturated carbocycles. The van der Waals surface area contributed by atoms with Gasteiger partial charge in [-0.3, -0.25) is 0 Å². The van der Waals surface area contributed by atoms with Crippen molar-refractivity contribution >= 4 is 34.9 Å². The van der Waals surface area contributed by atoms with E-state index in [0.29, 0.717) is 16.1 Å². The average molecular weight is 316 g/mol. The van der Waals surface area contributed by atoms with Crippen LogP contribution in [0.4, 0.5) is 10.5 Å². The standard InChI is InChI=1S/C14H19Cl2N3O/c1-18(2)14(20)19-7-5-11(6-8-19)17-13-9-10(15)3-4-12(13)16/h3-4,9,11,17H,5-8H2,1-2H3. The van der Waals surface area contributed by atoms with E-state index in [4.69, 9.17) is 23.2 Å². The summed E-state index contributed by atoms with van der Waals surface area (Å²) in [6.45, 7) is 1.51. The van der Waals surface area contributed by atoms with Crippen molar-refractivity contribution in [2.45, 2.75) is 18.9 Å². The quantitative estimate of drug-likeness (QED) is 0.906. The summed E-state index contributed by atoms with van der Waals surface area (Å²) in [5, 5.41) is 4.74. The predicted molar refractivity (Wildman–Crippen MR) is 83.8 cm³/mol. The number of carbonyl (C=O) groups is 1. The second kappa shape index (κ2) is 6.55. The van der Waals surface area contributed by atoms with Gasteiger partial charge < -0.3 is 15.1 Å². The molecular formula is C14H19Cl2N3O. The number of likely N-dealkylation sites (tertiary alicyclic amines) is 1. The lowest BCUT2D eigenvalue weighted by atomic mass is 10.0. The molecule has 0 radical (unpaired) electrons. The Morgan fingerprint density at radius 3 is 2.55 bits per heavy atom. The van der Waals surface area contributed by atoms with Crippen molar-refractivity contribution in [3.05, 3.63) is 28.2 Å². The van der Waals surface area contributed by atoms with E-state index in [1.54, 1.807) is 31.1 Å². The SMILES string of the molecule is CN(C)C(=O)N1CCC(Nc2cc(Cl)ccc2Cl)CC1. The van der Waals surface area contributed by atoms with Crippen LogP contribution in [-0.2, 0) is 0 Å². The number of piperidine rings is 1. The van der Waals surface area contributed by atoms with E-state index in [1.165, 1.54) is 0 Å². The first-order valence-corrected chi connectivity index (χ1v) is 7.41. The van der Waals surface area contributed by atoms with E-state index in [1.807, 2.05) is 11.0 Å². The third kappa shape index (κ3) is 3.70. The predicted octanol–water partition coefficient (Wildman–Crippen LogP) is 3.55. The second-order valence-corrected chi connectivity index (χ2v) is 6.05. The molecular weight excluding hydrogens is 297 g/mol. The first kappa shape index (κ1) is 15.3. The molecule has 1 heterocycles. The van der Waals surface area contributed by atoms with E-state index >= 15 is 0 Å². The maximum absolute atomic E-state index is 11.9. The van der Waals surface area contributed by atoms with Gasteiger partial charge >= 0.3 is 6.03 Å². The maximum atomic E-state index is 11.9. The van der Waals surface area contributed by atoms with E-state index in [9.17, 15) is 4.79 Å². The number of rotatable bonds is 2. The number of benzene rings is 1. The van der Waals surface area contributed by atoms with Crippen molar-refractivity contribution in [1.29, 1.82) is 0 Å². The summed E-state index contributed by atoms with van der Waals surface area (Å²) in [6.07, 6.45) is 1.81. The highest BCUT2D eigenvalue weighted by Crippen LogP contribution is 2.27. The van der Waals surface area contributed by atoms with E-state index < -0.39 is 0 Å². The minimum absolute atomic E-state index is 0.0734. The first-order valence-electron chi connectivity index (χ1n) is 6.65. The van der Waals surface area contributed by atoms with Crippen molar-refractivity contribution in [3.8, 4) is 0 Å². The summed E-state index contributed by atoms with van der Waals surface area (Å²) < 4.78 is 0. The highest BCUT2D eigenvalue weighted by atomic mass is 35.5. The third-order valence-electron chi connectivity index (χ3n) is 3.44. The lowest BCUT2D eigenvalue weighted by molar-refractivity contribution is 0.158. The molecule has 1 fully saturated rings. The number of anilines is 1. The number of hydrogen-bond acceptors (Lipinski definition) is 2. The lowest BCUT2D eigenvalue weighted by Gasteiger charge is -2.34. The number of nitrogens with zero attached hydrogens (tertiary/aromatic N) is 2. The van der Waals surface area contributed by atoms with E-state index in [0.717, 1.165) is 31.6 Å². The monoisotopic (exact) mass is 315 g/mol. The molecule has 2 rings (SSSR count). The van der Waals surface area contributed by atoms with Gasteiger partial charge in [-0.25, -0.2) is 4.79 Å². The zero-order valence-corrected chi connectivity index (χ0v) is 13.2. The summed E-state index contributed by atoms with van der Waals surface area (Å²) in [5.41, 5.74) is 0.858. The number of halogens is 2. The molecule has 1 aromatic carbocycles. The van der Waals surface area contributed by atoms with Crippen LogP contribution in [0.5, 0.6) is 0 Å². The van der Waals surface area contributed by atoms with Gasteiger partial charge in [-0.1, -0.05) is 23.2 Å². The molecule has 1 saturated heterocycles. The van der Waals surface area contributed by atoms with Gasteiger partial charge in [0.25, 0.3) is 0 Å². The molecule has 1 aliphatic rings. The van der Waals surface area contributed by atoms with Gasteiger partial charge in [0.2, 0.25) is 0 Å². The fraction of sp³-hybridized carbons (Fsp3) is 0.500. The molecule has 20 heavy (non-hydrogen) atoms. The van der Waals surface area contributed by atoms with Crippen LogP contribution in [0.2, 0.25) is 10.0 Å². The molecule has 6 heteroatoms. The van der Waals surface area contributed by atoms with Crippen LogP contribution in [0.1, 0.15) is 12.8 Å². The fourth-order valence-corrected chi connectivity index (χ4v) is 2.67. The number of hydrogen-bond donors (Lipinski definition) is 1. The number of urea groups is 1. The lowest BCUT2D eigenvalue weighted by Crippen LogP contribution is -2.46. The summed E-state index contributed by atoms with van der Waals surface area (Å²) in [4.78, 5) is 15.3. The van der Waals surface area contributed by atoms with E-state index in [-0.39, 0.29) is 6.03 Å². The fourth-order valence-electron chi connectivity index (χ4n) is 2.33. The van der Waals surface area contributed by atoms with Crippen LogP contribution in [0.25, 0.3) is 0 Å². The Kier molecular flexibility index (Phi) is 5.00. The van der Waals surface area contributed by atoms with Gasteiger partial charge in [0.1, 0.15) is 0 Å². The van der Waals surface area contributed by atoms with Crippen LogP contribution < -0.4 is 5.32 Å². The van der Waals surface area contributed by atoms with Crippen molar-refractivity contribution in [2.75, 3.05) is 32.5 Å². The van der Waals surface area contributed by atoms with Crippen LogP contribution in [0.3, 0.4) is 0 Å². The summed E-state index contributed by atoms with van der Waals surface area (Å²) in [5.74, 6) is 0. The summed E-state index contributed by atoms with van der Waals surface area (Å²) in [7, 11) is 3.55. The minimum atomic E-state index is 0.0734. The minimum Gasteiger partial charge on any atom is -0.381 e. The molecule has 1 aromatic rings. The number of carbonyl (C=O) groups excluding carboxylic acids is 1.